The van der Waals surface area contributed by atoms with Crippen molar-refractivity contribution in [2.24, 2.45) is 5.73 Å². The summed E-state index contributed by atoms with van der Waals surface area (Å²) in [6, 6.07) is 5.60. The third-order valence-corrected chi connectivity index (χ3v) is 5.21. The molecule has 1 fully saturated rings. The smallest absolute Gasteiger partial charge is 0.301 e. The first-order valence-electron chi connectivity index (χ1n) is 7.00. The first kappa shape index (κ1) is 15.3. The number of rotatable bonds is 4. The molecule has 20 heavy (non-hydrogen) atoms. The number of piperidine rings is 1. The molecule has 1 unspecified atom stereocenters. The summed E-state index contributed by atoms with van der Waals surface area (Å²) in [6.45, 7) is 4.82. The molecule has 5 nitrogen and oxygen atoms in total. The predicted molar refractivity (Wildman–Crippen MR) is 81.9 cm³/mol. The van der Waals surface area contributed by atoms with Gasteiger partial charge in [0.05, 0.1) is 5.69 Å². The molecule has 2 rings (SSSR count). The molecule has 6 heteroatoms. The molecule has 0 spiro atoms. The minimum absolute atomic E-state index is 0.0906. The van der Waals surface area contributed by atoms with Gasteiger partial charge in [0.25, 0.3) is 0 Å². The van der Waals surface area contributed by atoms with Crippen LogP contribution in [0.15, 0.2) is 18.2 Å². The minimum Gasteiger partial charge on any atom is -0.329 e. The summed E-state index contributed by atoms with van der Waals surface area (Å²) in [5.74, 6) is 0. The average Bonchev–Trinajstić information content (AvgIpc) is 2.36. The Labute approximate surface area is 121 Å². The van der Waals surface area contributed by atoms with Crippen molar-refractivity contribution in [1.82, 2.24) is 4.31 Å². The SMILES string of the molecule is Cc1cc(C)cc(NS(=O)(=O)N2CCCCC2CN)c1. The van der Waals surface area contributed by atoms with Crippen LogP contribution in [-0.4, -0.2) is 31.9 Å². The van der Waals surface area contributed by atoms with Gasteiger partial charge in [0.2, 0.25) is 0 Å². The summed E-state index contributed by atoms with van der Waals surface area (Å²) in [5, 5.41) is 0. The Morgan fingerprint density at radius 3 is 2.50 bits per heavy atom. The van der Waals surface area contributed by atoms with Crippen molar-refractivity contribution in [3.05, 3.63) is 29.3 Å². The Kier molecular flexibility index (Phi) is 4.67. The van der Waals surface area contributed by atoms with E-state index in [1.807, 2.05) is 32.0 Å². The van der Waals surface area contributed by atoms with Crippen LogP contribution in [0.25, 0.3) is 0 Å². The van der Waals surface area contributed by atoms with Gasteiger partial charge >= 0.3 is 10.2 Å². The lowest BCUT2D eigenvalue weighted by Crippen LogP contribution is -2.49. The van der Waals surface area contributed by atoms with Crippen molar-refractivity contribution in [1.29, 1.82) is 0 Å². The fourth-order valence-corrected chi connectivity index (χ4v) is 4.25. The Bertz CT molecular complexity index is 552. The van der Waals surface area contributed by atoms with Crippen molar-refractivity contribution >= 4 is 15.9 Å². The number of hydrogen-bond donors (Lipinski definition) is 2. The predicted octanol–water partition coefficient (Wildman–Crippen LogP) is 1.77. The van der Waals surface area contributed by atoms with Crippen LogP contribution in [0.5, 0.6) is 0 Å². The molecular weight excluding hydrogens is 274 g/mol. The second kappa shape index (κ2) is 6.11. The molecule has 1 aliphatic rings. The molecule has 1 aliphatic heterocycles. The first-order valence-corrected chi connectivity index (χ1v) is 8.44. The minimum atomic E-state index is -3.53. The van der Waals surface area contributed by atoms with Crippen LogP contribution in [0.1, 0.15) is 30.4 Å². The number of aryl methyl sites for hydroxylation is 2. The van der Waals surface area contributed by atoms with Crippen molar-refractivity contribution in [2.45, 2.75) is 39.2 Å². The standard InChI is InChI=1S/C14H23N3O2S/c1-11-7-12(2)9-13(8-11)16-20(18,19)17-6-4-3-5-14(17)10-15/h7-9,14,16H,3-6,10,15H2,1-2H3. The number of nitrogens with one attached hydrogen (secondary N) is 1. The highest BCUT2D eigenvalue weighted by molar-refractivity contribution is 7.90. The van der Waals surface area contributed by atoms with E-state index in [-0.39, 0.29) is 6.04 Å². The summed E-state index contributed by atoms with van der Waals surface area (Å²) in [7, 11) is -3.53. The van der Waals surface area contributed by atoms with Gasteiger partial charge in [0, 0.05) is 19.1 Å². The van der Waals surface area contributed by atoms with Crippen LogP contribution in [0, 0.1) is 13.8 Å². The number of hydrogen-bond acceptors (Lipinski definition) is 3. The lowest BCUT2D eigenvalue weighted by atomic mass is 10.1. The molecular formula is C14H23N3O2S. The van der Waals surface area contributed by atoms with E-state index in [1.54, 1.807) is 0 Å². The van der Waals surface area contributed by atoms with Crippen LogP contribution >= 0.6 is 0 Å². The quantitative estimate of drug-likeness (QED) is 0.889. The van der Waals surface area contributed by atoms with Crippen molar-refractivity contribution in [2.75, 3.05) is 17.8 Å². The van der Waals surface area contributed by atoms with Gasteiger partial charge in [-0.05, 0) is 49.9 Å². The maximum absolute atomic E-state index is 12.5. The molecule has 1 aromatic rings. The van der Waals surface area contributed by atoms with Gasteiger partial charge in [-0.15, -0.1) is 0 Å². The molecule has 0 bridgehead atoms. The van der Waals surface area contributed by atoms with Gasteiger partial charge in [-0.3, -0.25) is 4.72 Å². The molecule has 0 aliphatic carbocycles. The molecule has 1 heterocycles. The van der Waals surface area contributed by atoms with E-state index < -0.39 is 10.2 Å². The highest BCUT2D eigenvalue weighted by Gasteiger charge is 2.31. The lowest BCUT2D eigenvalue weighted by molar-refractivity contribution is 0.259. The summed E-state index contributed by atoms with van der Waals surface area (Å²) in [6.07, 6.45) is 2.77. The molecule has 0 radical (unpaired) electrons. The number of nitrogens with zero attached hydrogens (tertiary/aromatic N) is 1. The average molecular weight is 297 g/mol. The highest BCUT2D eigenvalue weighted by Crippen LogP contribution is 2.22. The zero-order chi connectivity index (χ0) is 14.8. The highest BCUT2D eigenvalue weighted by atomic mass is 32.2. The van der Waals surface area contributed by atoms with Gasteiger partial charge in [0.15, 0.2) is 0 Å². The second-order valence-electron chi connectivity index (χ2n) is 5.48. The van der Waals surface area contributed by atoms with E-state index in [4.69, 9.17) is 5.73 Å². The Balaban J connectivity index is 2.21. The molecule has 3 N–H and O–H groups in total. The third-order valence-electron chi connectivity index (χ3n) is 3.62. The van der Waals surface area contributed by atoms with Crippen LogP contribution in [0.2, 0.25) is 0 Å². The van der Waals surface area contributed by atoms with Gasteiger partial charge in [-0.1, -0.05) is 12.5 Å². The molecule has 0 saturated carbocycles. The molecule has 1 aromatic carbocycles. The summed E-state index contributed by atoms with van der Waals surface area (Å²) >= 11 is 0. The largest absolute Gasteiger partial charge is 0.329 e. The zero-order valence-electron chi connectivity index (χ0n) is 12.1. The molecule has 1 saturated heterocycles. The van der Waals surface area contributed by atoms with E-state index in [0.717, 1.165) is 30.4 Å². The maximum Gasteiger partial charge on any atom is 0.301 e. The summed E-state index contributed by atoms with van der Waals surface area (Å²) in [5.41, 5.74) is 8.39. The molecule has 112 valence electrons. The van der Waals surface area contributed by atoms with E-state index in [0.29, 0.717) is 18.8 Å². The van der Waals surface area contributed by atoms with E-state index >= 15 is 0 Å². The Morgan fingerprint density at radius 1 is 1.25 bits per heavy atom. The Hall–Kier alpha value is -1.11. The molecule has 1 atom stereocenters. The molecule has 0 aromatic heterocycles. The maximum atomic E-state index is 12.5. The van der Waals surface area contributed by atoms with Crippen molar-refractivity contribution in [3.63, 3.8) is 0 Å². The summed E-state index contributed by atoms with van der Waals surface area (Å²) < 4.78 is 29.2. The second-order valence-corrected chi connectivity index (χ2v) is 7.10. The van der Waals surface area contributed by atoms with E-state index in [9.17, 15) is 8.42 Å². The van der Waals surface area contributed by atoms with Crippen molar-refractivity contribution < 1.29 is 8.42 Å². The monoisotopic (exact) mass is 297 g/mol. The van der Waals surface area contributed by atoms with Gasteiger partial charge in [0.1, 0.15) is 0 Å². The van der Waals surface area contributed by atoms with Gasteiger partial charge in [-0.2, -0.15) is 12.7 Å². The number of benzene rings is 1. The fourth-order valence-electron chi connectivity index (χ4n) is 2.77. The topological polar surface area (TPSA) is 75.4 Å². The van der Waals surface area contributed by atoms with Crippen molar-refractivity contribution in [3.8, 4) is 0 Å². The third kappa shape index (κ3) is 3.50. The number of anilines is 1. The van der Waals surface area contributed by atoms with Crippen LogP contribution in [-0.2, 0) is 10.2 Å². The van der Waals surface area contributed by atoms with E-state index in [2.05, 4.69) is 4.72 Å². The van der Waals surface area contributed by atoms with Gasteiger partial charge < -0.3 is 5.73 Å². The fraction of sp³-hybridized carbons (Fsp3) is 0.571. The van der Waals surface area contributed by atoms with Crippen LogP contribution in [0.4, 0.5) is 5.69 Å². The van der Waals surface area contributed by atoms with Gasteiger partial charge in [-0.25, -0.2) is 0 Å². The lowest BCUT2D eigenvalue weighted by Gasteiger charge is -2.33. The Morgan fingerprint density at radius 2 is 1.90 bits per heavy atom. The number of nitrogens with two attached hydrogens (primary N) is 1. The molecule has 0 amide bonds. The normalized spacial score (nSPS) is 20.9. The van der Waals surface area contributed by atoms with Crippen LogP contribution in [0.3, 0.4) is 0 Å². The van der Waals surface area contributed by atoms with E-state index in [1.165, 1.54) is 4.31 Å². The van der Waals surface area contributed by atoms with Crippen LogP contribution < -0.4 is 10.5 Å². The summed E-state index contributed by atoms with van der Waals surface area (Å²) in [4.78, 5) is 0. The zero-order valence-corrected chi connectivity index (χ0v) is 12.9. The first-order chi connectivity index (χ1) is 9.42.